The number of aryl methyl sites for hydroxylation is 1. The lowest BCUT2D eigenvalue weighted by atomic mass is 9.71. The van der Waals surface area contributed by atoms with Gasteiger partial charge in [-0.15, -0.1) is 0 Å². The van der Waals surface area contributed by atoms with Gasteiger partial charge < -0.3 is 5.11 Å². The van der Waals surface area contributed by atoms with Crippen molar-refractivity contribution < 1.29 is 9.90 Å². The first-order valence-corrected chi connectivity index (χ1v) is 6.35. The molecule has 3 nitrogen and oxygen atoms in total. The van der Waals surface area contributed by atoms with Crippen LogP contribution in [0.25, 0.3) is 0 Å². The summed E-state index contributed by atoms with van der Waals surface area (Å²) in [7, 11) is 0. The van der Waals surface area contributed by atoms with Crippen molar-refractivity contribution in [2.24, 2.45) is 5.41 Å². The van der Waals surface area contributed by atoms with E-state index in [0.29, 0.717) is 0 Å². The Balaban J connectivity index is 2.01. The van der Waals surface area contributed by atoms with Crippen molar-refractivity contribution in [1.29, 1.82) is 0 Å². The van der Waals surface area contributed by atoms with Gasteiger partial charge in [-0.1, -0.05) is 25.3 Å². The molecule has 3 heteroatoms. The zero-order chi connectivity index (χ0) is 12.1. The standard InChI is InChI=1S/C14H19NO2/c16-13(17)14(7-2-1-3-8-14)9-6-12-5-4-10-15-11-12/h4-5,10-11H,1-3,6-9H2,(H,16,17). The van der Waals surface area contributed by atoms with E-state index in [9.17, 15) is 9.90 Å². The van der Waals surface area contributed by atoms with Crippen molar-refractivity contribution in [1.82, 2.24) is 4.98 Å². The minimum atomic E-state index is -0.610. The summed E-state index contributed by atoms with van der Waals surface area (Å²) in [6.45, 7) is 0. The fraction of sp³-hybridized carbons (Fsp3) is 0.571. The molecule has 17 heavy (non-hydrogen) atoms. The van der Waals surface area contributed by atoms with Crippen molar-refractivity contribution in [3.8, 4) is 0 Å². The number of carboxylic acids is 1. The number of rotatable bonds is 4. The van der Waals surface area contributed by atoms with Gasteiger partial charge in [0, 0.05) is 12.4 Å². The maximum absolute atomic E-state index is 11.5. The first kappa shape index (κ1) is 12.1. The zero-order valence-corrected chi connectivity index (χ0v) is 10.1. The number of carboxylic acid groups (broad SMARTS) is 1. The molecule has 1 N–H and O–H groups in total. The second-order valence-electron chi connectivity index (χ2n) is 5.01. The number of pyridine rings is 1. The van der Waals surface area contributed by atoms with Gasteiger partial charge in [-0.2, -0.15) is 0 Å². The summed E-state index contributed by atoms with van der Waals surface area (Å²) < 4.78 is 0. The average Bonchev–Trinajstić information content (AvgIpc) is 2.38. The molecule has 0 aromatic carbocycles. The Morgan fingerprint density at radius 3 is 2.71 bits per heavy atom. The molecule has 1 aromatic heterocycles. The maximum atomic E-state index is 11.5. The molecule has 1 aliphatic rings. The van der Waals surface area contributed by atoms with Crippen LogP contribution >= 0.6 is 0 Å². The smallest absolute Gasteiger partial charge is 0.309 e. The lowest BCUT2D eigenvalue weighted by molar-refractivity contribution is -0.151. The molecule has 1 saturated carbocycles. The van der Waals surface area contributed by atoms with Gasteiger partial charge in [0.25, 0.3) is 0 Å². The van der Waals surface area contributed by atoms with Crippen LogP contribution in [0.15, 0.2) is 24.5 Å². The van der Waals surface area contributed by atoms with Gasteiger partial charge in [0.2, 0.25) is 0 Å². The Labute approximate surface area is 102 Å². The Hall–Kier alpha value is -1.38. The van der Waals surface area contributed by atoms with E-state index < -0.39 is 11.4 Å². The van der Waals surface area contributed by atoms with Gasteiger partial charge >= 0.3 is 5.97 Å². The number of hydrogen-bond acceptors (Lipinski definition) is 2. The second-order valence-corrected chi connectivity index (χ2v) is 5.01. The molecule has 0 unspecified atom stereocenters. The lowest BCUT2D eigenvalue weighted by Crippen LogP contribution is -2.33. The summed E-state index contributed by atoms with van der Waals surface area (Å²) in [5.74, 6) is -0.610. The second kappa shape index (κ2) is 5.30. The van der Waals surface area contributed by atoms with Crippen LogP contribution in [0.3, 0.4) is 0 Å². The average molecular weight is 233 g/mol. The van der Waals surface area contributed by atoms with E-state index in [1.54, 1.807) is 6.20 Å². The van der Waals surface area contributed by atoms with Gasteiger partial charge in [0.15, 0.2) is 0 Å². The van der Waals surface area contributed by atoms with Crippen LogP contribution < -0.4 is 0 Å². The van der Waals surface area contributed by atoms with Crippen molar-refractivity contribution in [3.63, 3.8) is 0 Å². The fourth-order valence-corrected chi connectivity index (χ4v) is 2.73. The molecule has 0 aliphatic heterocycles. The lowest BCUT2D eigenvalue weighted by Gasteiger charge is -2.33. The van der Waals surface area contributed by atoms with Crippen molar-refractivity contribution in [2.75, 3.05) is 0 Å². The molecule has 92 valence electrons. The van der Waals surface area contributed by atoms with Crippen LogP contribution in [-0.2, 0) is 11.2 Å². The van der Waals surface area contributed by atoms with Crippen LogP contribution in [0.4, 0.5) is 0 Å². The maximum Gasteiger partial charge on any atom is 0.309 e. The minimum absolute atomic E-state index is 0.478. The van der Waals surface area contributed by atoms with Gasteiger partial charge in [-0.05, 0) is 37.3 Å². The van der Waals surface area contributed by atoms with Crippen molar-refractivity contribution >= 4 is 5.97 Å². The predicted octanol–water partition coefficient (Wildman–Crippen LogP) is 3.05. The molecule has 1 fully saturated rings. The minimum Gasteiger partial charge on any atom is -0.481 e. The molecule has 0 spiro atoms. The van der Waals surface area contributed by atoms with Crippen LogP contribution in [0, 0.1) is 5.41 Å². The van der Waals surface area contributed by atoms with E-state index in [-0.39, 0.29) is 0 Å². The summed E-state index contributed by atoms with van der Waals surface area (Å²) in [5.41, 5.74) is 0.660. The van der Waals surface area contributed by atoms with E-state index in [1.165, 1.54) is 6.42 Å². The van der Waals surface area contributed by atoms with E-state index in [1.807, 2.05) is 18.3 Å². The van der Waals surface area contributed by atoms with Gasteiger partial charge in [0.1, 0.15) is 0 Å². The van der Waals surface area contributed by atoms with Crippen LogP contribution in [0.1, 0.15) is 44.1 Å². The molecule has 0 bridgehead atoms. The highest BCUT2D eigenvalue weighted by Gasteiger charge is 2.38. The summed E-state index contributed by atoms with van der Waals surface area (Å²) in [6.07, 6.45) is 10.1. The number of aliphatic carboxylic acids is 1. The Kier molecular flexibility index (Phi) is 3.77. The number of carbonyl (C=O) groups is 1. The third kappa shape index (κ3) is 2.84. The van der Waals surface area contributed by atoms with E-state index in [2.05, 4.69) is 4.98 Å². The summed E-state index contributed by atoms with van der Waals surface area (Å²) in [5, 5.41) is 9.45. The molecule has 1 aliphatic carbocycles. The van der Waals surface area contributed by atoms with Crippen LogP contribution in [0.2, 0.25) is 0 Å². The monoisotopic (exact) mass is 233 g/mol. The molecule has 0 amide bonds. The first-order valence-electron chi connectivity index (χ1n) is 6.35. The Morgan fingerprint density at radius 2 is 2.12 bits per heavy atom. The quantitative estimate of drug-likeness (QED) is 0.869. The first-order chi connectivity index (χ1) is 8.23. The largest absolute Gasteiger partial charge is 0.481 e. The van der Waals surface area contributed by atoms with E-state index in [4.69, 9.17) is 0 Å². The normalized spacial score (nSPS) is 18.8. The number of nitrogens with zero attached hydrogens (tertiary/aromatic N) is 1. The number of hydrogen-bond donors (Lipinski definition) is 1. The summed E-state index contributed by atoms with van der Waals surface area (Å²) in [4.78, 5) is 15.6. The SMILES string of the molecule is O=C(O)C1(CCc2cccnc2)CCCCC1. The van der Waals surface area contributed by atoms with Crippen molar-refractivity contribution in [2.45, 2.75) is 44.9 Å². The molecule has 0 radical (unpaired) electrons. The summed E-state index contributed by atoms with van der Waals surface area (Å²) in [6, 6.07) is 3.93. The third-order valence-corrected chi connectivity index (χ3v) is 3.88. The molecule has 2 rings (SSSR count). The Bertz CT molecular complexity index is 369. The molecule has 0 saturated heterocycles. The molecule has 1 heterocycles. The van der Waals surface area contributed by atoms with Gasteiger partial charge in [-0.3, -0.25) is 9.78 Å². The molecular formula is C14H19NO2. The molecular weight excluding hydrogens is 214 g/mol. The number of aromatic nitrogens is 1. The van der Waals surface area contributed by atoms with Crippen molar-refractivity contribution in [3.05, 3.63) is 30.1 Å². The van der Waals surface area contributed by atoms with Gasteiger partial charge in [-0.25, -0.2) is 0 Å². The van der Waals surface area contributed by atoms with E-state index in [0.717, 1.165) is 44.1 Å². The van der Waals surface area contributed by atoms with Gasteiger partial charge in [0.05, 0.1) is 5.41 Å². The predicted molar refractivity (Wildman–Crippen MR) is 65.7 cm³/mol. The highest BCUT2D eigenvalue weighted by Crippen LogP contribution is 2.40. The third-order valence-electron chi connectivity index (χ3n) is 3.88. The fourth-order valence-electron chi connectivity index (χ4n) is 2.73. The van der Waals surface area contributed by atoms with Crippen LogP contribution in [0.5, 0.6) is 0 Å². The topological polar surface area (TPSA) is 50.2 Å². The molecule has 1 aromatic rings. The Morgan fingerprint density at radius 1 is 1.35 bits per heavy atom. The zero-order valence-electron chi connectivity index (χ0n) is 10.1. The van der Waals surface area contributed by atoms with Crippen LogP contribution in [-0.4, -0.2) is 16.1 Å². The highest BCUT2D eigenvalue weighted by molar-refractivity contribution is 5.74. The summed E-state index contributed by atoms with van der Waals surface area (Å²) >= 11 is 0. The van der Waals surface area contributed by atoms with E-state index >= 15 is 0 Å². The molecule has 0 atom stereocenters. The highest BCUT2D eigenvalue weighted by atomic mass is 16.4.